The lowest BCUT2D eigenvalue weighted by Gasteiger charge is -2.16. The highest BCUT2D eigenvalue weighted by Crippen LogP contribution is 2.33. The van der Waals surface area contributed by atoms with Gasteiger partial charge in [0.25, 0.3) is 0 Å². The van der Waals surface area contributed by atoms with Crippen LogP contribution >= 0.6 is 11.8 Å². The van der Waals surface area contributed by atoms with E-state index in [0.717, 1.165) is 18.7 Å². The number of rotatable bonds is 7. The van der Waals surface area contributed by atoms with Gasteiger partial charge in [0.05, 0.1) is 5.92 Å². The Hall–Kier alpha value is -2.52. The van der Waals surface area contributed by atoms with E-state index in [-0.39, 0.29) is 5.92 Å². The summed E-state index contributed by atoms with van der Waals surface area (Å²) in [5.74, 6) is 1.56. The topological polar surface area (TPSA) is 20.3 Å². The predicted octanol–water partition coefficient (Wildman–Crippen LogP) is 5.30. The summed E-state index contributed by atoms with van der Waals surface area (Å²) in [7, 11) is 0. The fraction of sp³-hybridized carbons (Fsp3) is 0.240. The van der Waals surface area contributed by atoms with Crippen molar-refractivity contribution < 1.29 is 4.79 Å². The third-order valence-corrected chi connectivity index (χ3v) is 6.51. The van der Waals surface area contributed by atoms with E-state index in [4.69, 9.17) is 0 Å². The molecule has 1 heterocycles. The van der Waals surface area contributed by atoms with Crippen molar-refractivity contribution in [3.8, 4) is 0 Å². The highest BCUT2D eigenvalue weighted by Gasteiger charge is 2.39. The molecular weight excluding hydrogens is 362 g/mol. The van der Waals surface area contributed by atoms with Crippen LogP contribution in [0, 0.1) is 11.8 Å². The molecule has 28 heavy (non-hydrogen) atoms. The van der Waals surface area contributed by atoms with Crippen LogP contribution in [0.15, 0.2) is 95.9 Å². The highest BCUT2D eigenvalue weighted by molar-refractivity contribution is 7.99. The molecule has 1 fully saturated rings. The fourth-order valence-corrected chi connectivity index (χ4v) is 5.05. The number of hydrogen-bond acceptors (Lipinski definition) is 2. The largest absolute Gasteiger partial charge is 0.338 e. The van der Waals surface area contributed by atoms with Crippen molar-refractivity contribution in [2.24, 2.45) is 11.8 Å². The van der Waals surface area contributed by atoms with Gasteiger partial charge in [-0.3, -0.25) is 4.79 Å². The lowest BCUT2D eigenvalue weighted by Crippen LogP contribution is -2.27. The summed E-state index contributed by atoms with van der Waals surface area (Å²) in [6.07, 6.45) is 0.956. The van der Waals surface area contributed by atoms with Gasteiger partial charge in [-0.15, -0.1) is 11.8 Å². The molecule has 0 aliphatic carbocycles. The van der Waals surface area contributed by atoms with Gasteiger partial charge >= 0.3 is 0 Å². The Morgan fingerprint density at radius 3 is 2.00 bits per heavy atom. The van der Waals surface area contributed by atoms with Gasteiger partial charge < -0.3 is 4.90 Å². The first-order valence-corrected chi connectivity index (χ1v) is 10.8. The van der Waals surface area contributed by atoms with Crippen LogP contribution in [0.2, 0.25) is 0 Å². The number of thioether (sulfide) groups is 1. The second kappa shape index (κ2) is 9.11. The first kappa shape index (κ1) is 18.8. The third-order valence-electron chi connectivity index (χ3n) is 5.38. The molecule has 0 radical (unpaired) electrons. The standard InChI is InChI=1S/C25H25NOS/c27-25-24(19-28-23-14-8-3-9-15-23)22(16-20-10-4-1-5-11-20)18-26(25)17-21-12-6-2-7-13-21/h1-15,22,24H,16-19H2/t22-,24-/m0/s1. The first-order chi connectivity index (χ1) is 13.8. The molecule has 3 heteroatoms. The number of benzene rings is 3. The normalized spacial score (nSPS) is 19.1. The molecule has 142 valence electrons. The van der Waals surface area contributed by atoms with Gasteiger partial charge in [0.2, 0.25) is 5.91 Å². The Bertz CT molecular complexity index is 882. The van der Waals surface area contributed by atoms with E-state index in [2.05, 4.69) is 65.6 Å². The first-order valence-electron chi connectivity index (χ1n) is 9.84. The molecule has 0 bridgehead atoms. The van der Waals surface area contributed by atoms with Crippen LogP contribution in [0.5, 0.6) is 0 Å². The summed E-state index contributed by atoms with van der Waals surface area (Å²) in [4.78, 5) is 16.5. The van der Waals surface area contributed by atoms with E-state index in [9.17, 15) is 4.79 Å². The zero-order valence-corrected chi connectivity index (χ0v) is 16.7. The molecule has 3 aromatic rings. The van der Waals surface area contributed by atoms with Crippen molar-refractivity contribution >= 4 is 17.7 Å². The summed E-state index contributed by atoms with van der Waals surface area (Å²) in [6, 6.07) is 31.3. The maximum Gasteiger partial charge on any atom is 0.227 e. The molecule has 1 amide bonds. The predicted molar refractivity (Wildman–Crippen MR) is 116 cm³/mol. The summed E-state index contributed by atoms with van der Waals surface area (Å²) in [5.41, 5.74) is 2.52. The molecule has 2 nitrogen and oxygen atoms in total. The van der Waals surface area contributed by atoms with E-state index in [1.807, 2.05) is 30.3 Å². The van der Waals surface area contributed by atoms with Crippen molar-refractivity contribution in [3.05, 3.63) is 102 Å². The van der Waals surface area contributed by atoms with Gasteiger partial charge in [0.15, 0.2) is 0 Å². The molecule has 0 N–H and O–H groups in total. The maximum atomic E-state index is 13.2. The summed E-state index contributed by atoms with van der Waals surface area (Å²) in [5, 5.41) is 0. The summed E-state index contributed by atoms with van der Waals surface area (Å²) >= 11 is 1.80. The van der Waals surface area contributed by atoms with Crippen LogP contribution in [-0.4, -0.2) is 23.1 Å². The Kier molecular flexibility index (Phi) is 6.13. The van der Waals surface area contributed by atoms with Gasteiger partial charge in [-0.1, -0.05) is 78.9 Å². The molecule has 3 aromatic carbocycles. The average Bonchev–Trinajstić information content (AvgIpc) is 3.03. The van der Waals surface area contributed by atoms with E-state index >= 15 is 0 Å². The van der Waals surface area contributed by atoms with Crippen LogP contribution in [0.25, 0.3) is 0 Å². The fourth-order valence-electron chi connectivity index (χ4n) is 3.92. The van der Waals surface area contributed by atoms with E-state index in [0.29, 0.717) is 18.4 Å². The van der Waals surface area contributed by atoms with Crippen molar-refractivity contribution in [1.82, 2.24) is 4.90 Å². The molecule has 1 saturated heterocycles. The number of hydrogen-bond donors (Lipinski definition) is 0. The lowest BCUT2D eigenvalue weighted by molar-refractivity contribution is -0.131. The van der Waals surface area contributed by atoms with E-state index in [1.165, 1.54) is 16.0 Å². The quantitative estimate of drug-likeness (QED) is 0.513. The number of nitrogens with zero attached hydrogens (tertiary/aromatic N) is 1. The molecule has 2 atom stereocenters. The molecule has 0 unspecified atom stereocenters. The highest BCUT2D eigenvalue weighted by atomic mass is 32.2. The molecule has 4 rings (SSSR count). The number of carbonyl (C=O) groups excluding carboxylic acids is 1. The van der Waals surface area contributed by atoms with Gasteiger partial charge in [-0.05, 0) is 35.6 Å². The Labute approximate surface area is 171 Å². The Morgan fingerprint density at radius 1 is 0.786 bits per heavy atom. The Morgan fingerprint density at radius 2 is 1.36 bits per heavy atom. The monoisotopic (exact) mass is 387 g/mol. The zero-order chi connectivity index (χ0) is 19.2. The van der Waals surface area contributed by atoms with Crippen LogP contribution in [0.4, 0.5) is 0 Å². The van der Waals surface area contributed by atoms with Crippen LogP contribution in [0.1, 0.15) is 11.1 Å². The minimum absolute atomic E-state index is 0.0640. The lowest BCUT2D eigenvalue weighted by atomic mass is 9.90. The number of likely N-dealkylation sites (tertiary alicyclic amines) is 1. The summed E-state index contributed by atoms with van der Waals surface area (Å²) in [6.45, 7) is 1.54. The molecular formula is C25H25NOS. The number of amides is 1. The van der Waals surface area contributed by atoms with Gasteiger partial charge in [-0.25, -0.2) is 0 Å². The van der Waals surface area contributed by atoms with E-state index in [1.54, 1.807) is 11.8 Å². The van der Waals surface area contributed by atoms with Crippen LogP contribution in [-0.2, 0) is 17.8 Å². The zero-order valence-electron chi connectivity index (χ0n) is 15.9. The SMILES string of the molecule is O=C1[C@@H](CSc2ccccc2)[C@@H](Cc2ccccc2)CN1Cc1ccccc1. The average molecular weight is 388 g/mol. The maximum absolute atomic E-state index is 13.2. The van der Waals surface area contributed by atoms with Gasteiger partial charge in [0.1, 0.15) is 0 Å². The van der Waals surface area contributed by atoms with Gasteiger partial charge in [-0.2, -0.15) is 0 Å². The minimum atomic E-state index is 0.0640. The van der Waals surface area contributed by atoms with Crippen molar-refractivity contribution in [1.29, 1.82) is 0 Å². The van der Waals surface area contributed by atoms with Crippen LogP contribution in [0.3, 0.4) is 0 Å². The van der Waals surface area contributed by atoms with Crippen LogP contribution < -0.4 is 0 Å². The molecule has 0 saturated carbocycles. The van der Waals surface area contributed by atoms with Crippen molar-refractivity contribution in [3.63, 3.8) is 0 Å². The molecule has 1 aliphatic rings. The van der Waals surface area contributed by atoms with Gasteiger partial charge in [0, 0.05) is 23.7 Å². The smallest absolute Gasteiger partial charge is 0.227 e. The van der Waals surface area contributed by atoms with Crippen molar-refractivity contribution in [2.45, 2.75) is 17.9 Å². The number of carbonyl (C=O) groups is 1. The second-order valence-corrected chi connectivity index (χ2v) is 8.48. The molecule has 1 aliphatic heterocycles. The second-order valence-electron chi connectivity index (χ2n) is 7.38. The molecule has 0 aromatic heterocycles. The third kappa shape index (κ3) is 4.66. The van der Waals surface area contributed by atoms with E-state index < -0.39 is 0 Å². The molecule has 0 spiro atoms. The summed E-state index contributed by atoms with van der Waals surface area (Å²) < 4.78 is 0. The Balaban J connectivity index is 1.49. The van der Waals surface area contributed by atoms with Crippen molar-refractivity contribution in [2.75, 3.05) is 12.3 Å². The minimum Gasteiger partial charge on any atom is -0.338 e.